The predicted molar refractivity (Wildman–Crippen MR) is 115 cm³/mol. The summed E-state index contributed by atoms with van der Waals surface area (Å²) in [6.07, 6.45) is 3.42. The first-order valence-electron chi connectivity index (χ1n) is 10.3. The summed E-state index contributed by atoms with van der Waals surface area (Å²) in [6, 6.07) is 18.7. The molecule has 28 heavy (non-hydrogen) atoms. The number of hydrogen-bond acceptors (Lipinski definition) is 4. The molecule has 150 valence electrons. The van der Waals surface area contributed by atoms with Crippen molar-refractivity contribution in [1.82, 2.24) is 4.90 Å². The molecule has 1 aliphatic heterocycles. The van der Waals surface area contributed by atoms with Crippen LogP contribution in [0.3, 0.4) is 0 Å². The van der Waals surface area contributed by atoms with E-state index in [0.717, 1.165) is 43.6 Å². The molecule has 2 aromatic carbocycles. The summed E-state index contributed by atoms with van der Waals surface area (Å²) in [7, 11) is 4.20. The van der Waals surface area contributed by atoms with Crippen molar-refractivity contribution in [3.8, 4) is 0 Å². The molecule has 0 aromatic heterocycles. The van der Waals surface area contributed by atoms with Crippen LogP contribution in [0.15, 0.2) is 54.6 Å². The molecule has 1 heterocycles. The maximum Gasteiger partial charge on any atom is 0.162 e. The van der Waals surface area contributed by atoms with E-state index in [-0.39, 0.29) is 11.5 Å². The molecule has 1 fully saturated rings. The van der Waals surface area contributed by atoms with Gasteiger partial charge in [0.15, 0.2) is 5.78 Å². The fourth-order valence-electron chi connectivity index (χ4n) is 3.85. The van der Waals surface area contributed by atoms with Crippen LogP contribution in [0.4, 0.5) is 5.69 Å². The lowest BCUT2D eigenvalue weighted by molar-refractivity contribution is -0.148. The number of rotatable bonds is 8. The van der Waals surface area contributed by atoms with Gasteiger partial charge in [0.25, 0.3) is 0 Å². The van der Waals surface area contributed by atoms with Crippen LogP contribution in [0.25, 0.3) is 0 Å². The fraction of sp³-hybridized carbons (Fsp3) is 0.458. The minimum Gasteiger partial charge on any atom is -0.365 e. The molecule has 0 amide bonds. The lowest BCUT2D eigenvalue weighted by Gasteiger charge is -2.47. The van der Waals surface area contributed by atoms with Crippen LogP contribution in [-0.4, -0.2) is 50.2 Å². The third-order valence-electron chi connectivity index (χ3n) is 5.66. The molecular weight excluding hydrogens is 348 g/mol. The molecule has 0 aliphatic carbocycles. The second kappa shape index (κ2) is 9.35. The molecule has 1 unspecified atom stereocenters. The minimum absolute atomic E-state index is 0.224. The normalized spacial score (nSPS) is 19.8. The number of Topliss-reactive ketones (excluding diaryl/α,β-unsaturated/α-hetero) is 1. The number of morpholine rings is 1. The summed E-state index contributed by atoms with van der Waals surface area (Å²) < 4.78 is 6.32. The highest BCUT2D eigenvalue weighted by molar-refractivity contribution is 5.96. The Morgan fingerprint density at radius 1 is 1.11 bits per heavy atom. The molecule has 0 spiro atoms. The number of nitrogens with zero attached hydrogens (tertiary/aromatic N) is 2. The third kappa shape index (κ3) is 4.81. The summed E-state index contributed by atoms with van der Waals surface area (Å²) in [5.41, 5.74) is 2.98. The van der Waals surface area contributed by atoms with Gasteiger partial charge in [0.1, 0.15) is 5.72 Å². The topological polar surface area (TPSA) is 32.8 Å². The molecule has 0 N–H and O–H groups in total. The van der Waals surface area contributed by atoms with Crippen molar-refractivity contribution in [2.75, 3.05) is 38.7 Å². The maximum absolute atomic E-state index is 12.1. The molecule has 4 heteroatoms. The van der Waals surface area contributed by atoms with E-state index >= 15 is 0 Å². The molecule has 3 rings (SSSR count). The summed E-state index contributed by atoms with van der Waals surface area (Å²) in [4.78, 5) is 16.7. The number of benzene rings is 2. The molecule has 1 aliphatic rings. The lowest BCUT2D eigenvalue weighted by atomic mass is 9.98. The van der Waals surface area contributed by atoms with Crippen molar-refractivity contribution < 1.29 is 9.53 Å². The Labute approximate surface area is 169 Å². The molecule has 2 aromatic rings. The zero-order valence-corrected chi connectivity index (χ0v) is 17.4. The Kier molecular flexibility index (Phi) is 6.87. The second-order valence-corrected chi connectivity index (χ2v) is 7.82. The predicted octanol–water partition coefficient (Wildman–Crippen LogP) is 4.40. The fourth-order valence-corrected chi connectivity index (χ4v) is 3.85. The van der Waals surface area contributed by atoms with E-state index in [1.807, 2.05) is 19.1 Å². The third-order valence-corrected chi connectivity index (χ3v) is 5.66. The average Bonchev–Trinajstić information content (AvgIpc) is 2.73. The standard InChI is InChI=1S/C24H32N2O2/c1-4-8-23(27)21-11-13-22(14-12-21)26-17-18-28-24(19-26,25(2)3)16-15-20-9-6-5-7-10-20/h5-7,9-14H,4,8,15-19H2,1-3H3. The van der Waals surface area contributed by atoms with Gasteiger partial charge in [-0.1, -0.05) is 37.3 Å². The molecule has 0 saturated carbocycles. The first-order chi connectivity index (χ1) is 13.5. The molecule has 1 saturated heterocycles. The van der Waals surface area contributed by atoms with Crippen molar-refractivity contribution in [1.29, 1.82) is 0 Å². The van der Waals surface area contributed by atoms with E-state index < -0.39 is 0 Å². The molecule has 4 nitrogen and oxygen atoms in total. The highest BCUT2D eigenvalue weighted by Gasteiger charge is 2.38. The van der Waals surface area contributed by atoms with Crippen molar-refractivity contribution in [2.24, 2.45) is 0 Å². The number of anilines is 1. The Morgan fingerprint density at radius 3 is 2.46 bits per heavy atom. The smallest absolute Gasteiger partial charge is 0.162 e. The summed E-state index contributed by atoms with van der Waals surface area (Å²) in [5.74, 6) is 0.224. The van der Waals surface area contributed by atoms with Gasteiger partial charge in [-0.3, -0.25) is 9.69 Å². The van der Waals surface area contributed by atoms with Crippen molar-refractivity contribution >= 4 is 11.5 Å². The Hall–Kier alpha value is -2.17. The van der Waals surface area contributed by atoms with E-state index in [0.29, 0.717) is 13.0 Å². The first-order valence-corrected chi connectivity index (χ1v) is 10.3. The summed E-state index contributed by atoms with van der Waals surface area (Å²) >= 11 is 0. The van der Waals surface area contributed by atoms with Crippen LogP contribution in [0, 0.1) is 0 Å². The van der Waals surface area contributed by atoms with Gasteiger partial charge in [-0.25, -0.2) is 0 Å². The quantitative estimate of drug-likeness (QED) is 0.636. The monoisotopic (exact) mass is 380 g/mol. The van der Waals surface area contributed by atoms with Gasteiger partial charge in [-0.15, -0.1) is 0 Å². The van der Waals surface area contributed by atoms with Gasteiger partial charge in [0, 0.05) is 24.2 Å². The van der Waals surface area contributed by atoms with Gasteiger partial charge >= 0.3 is 0 Å². The van der Waals surface area contributed by atoms with E-state index in [4.69, 9.17) is 4.74 Å². The highest BCUT2D eigenvalue weighted by Crippen LogP contribution is 2.29. The molecule has 1 atom stereocenters. The second-order valence-electron chi connectivity index (χ2n) is 7.82. The van der Waals surface area contributed by atoms with Crippen LogP contribution >= 0.6 is 0 Å². The Balaban J connectivity index is 1.72. The van der Waals surface area contributed by atoms with Crippen LogP contribution in [-0.2, 0) is 11.2 Å². The van der Waals surface area contributed by atoms with Crippen LogP contribution in [0.2, 0.25) is 0 Å². The number of hydrogen-bond donors (Lipinski definition) is 0. The summed E-state index contributed by atoms with van der Waals surface area (Å²) in [6.45, 7) is 4.41. The number of carbonyl (C=O) groups excluding carboxylic acids is 1. The highest BCUT2D eigenvalue weighted by atomic mass is 16.5. The van der Waals surface area contributed by atoms with E-state index in [1.54, 1.807) is 0 Å². The molecule has 0 bridgehead atoms. The SMILES string of the molecule is CCCC(=O)c1ccc(N2CCOC(CCc3ccccc3)(N(C)C)C2)cc1. The van der Waals surface area contributed by atoms with E-state index in [1.165, 1.54) is 5.56 Å². The molecular formula is C24H32N2O2. The first kappa shape index (κ1) is 20.6. The van der Waals surface area contributed by atoms with Crippen molar-refractivity contribution in [2.45, 2.75) is 38.3 Å². The number of aryl methyl sites for hydroxylation is 1. The Bertz CT molecular complexity index is 758. The van der Waals surface area contributed by atoms with Crippen LogP contribution in [0.5, 0.6) is 0 Å². The number of ether oxygens (including phenoxy) is 1. The van der Waals surface area contributed by atoms with Crippen LogP contribution in [0.1, 0.15) is 42.1 Å². The van der Waals surface area contributed by atoms with E-state index in [9.17, 15) is 4.79 Å². The zero-order chi connectivity index (χ0) is 20.0. The Morgan fingerprint density at radius 2 is 1.82 bits per heavy atom. The average molecular weight is 381 g/mol. The van der Waals surface area contributed by atoms with E-state index in [2.05, 4.69) is 66.4 Å². The molecule has 0 radical (unpaired) electrons. The van der Waals surface area contributed by atoms with Gasteiger partial charge in [-0.2, -0.15) is 0 Å². The van der Waals surface area contributed by atoms with Gasteiger partial charge < -0.3 is 9.64 Å². The summed E-state index contributed by atoms with van der Waals surface area (Å²) in [5, 5.41) is 0. The largest absolute Gasteiger partial charge is 0.365 e. The minimum atomic E-state index is -0.315. The van der Waals surface area contributed by atoms with Gasteiger partial charge in [0.2, 0.25) is 0 Å². The van der Waals surface area contributed by atoms with Gasteiger partial charge in [0.05, 0.1) is 13.2 Å². The number of ketones is 1. The van der Waals surface area contributed by atoms with Gasteiger partial charge in [-0.05, 0) is 63.2 Å². The maximum atomic E-state index is 12.1. The number of likely N-dealkylation sites (N-methyl/N-ethyl adjacent to an activating group) is 1. The van der Waals surface area contributed by atoms with Crippen molar-refractivity contribution in [3.05, 3.63) is 65.7 Å². The zero-order valence-electron chi connectivity index (χ0n) is 17.4. The lowest BCUT2D eigenvalue weighted by Crippen LogP contribution is -2.59. The van der Waals surface area contributed by atoms with Crippen LogP contribution < -0.4 is 4.90 Å². The van der Waals surface area contributed by atoms with Crippen molar-refractivity contribution in [3.63, 3.8) is 0 Å². The number of carbonyl (C=O) groups is 1.